The quantitative estimate of drug-likeness (QED) is 0.143. The second-order valence-electron chi connectivity index (χ2n) is 14.0. The van der Waals surface area contributed by atoms with Crippen LogP contribution in [0.3, 0.4) is 0 Å². The molecule has 0 saturated carbocycles. The number of aromatic nitrogens is 1. The van der Waals surface area contributed by atoms with Gasteiger partial charge in [0.05, 0.1) is 11.2 Å². The molecular formula is C52H39FN2. The molecule has 0 saturated heterocycles. The molecule has 0 unspecified atom stereocenters. The van der Waals surface area contributed by atoms with Crippen LogP contribution in [0.1, 0.15) is 22.4 Å². The van der Waals surface area contributed by atoms with E-state index in [1.807, 2.05) is 95.9 Å². The Morgan fingerprint density at radius 1 is 0.491 bits per heavy atom. The van der Waals surface area contributed by atoms with Crippen LogP contribution >= 0.6 is 0 Å². The number of benzene rings is 8. The summed E-state index contributed by atoms with van der Waals surface area (Å²) in [5, 5.41) is 3.72. The number of anilines is 3. The Bertz CT molecular complexity index is 2820. The Balaban J connectivity index is 1.07. The molecule has 0 aliphatic heterocycles. The fraction of sp³-hybridized carbons (Fsp3) is 0.0385. The molecule has 1 aromatic heterocycles. The van der Waals surface area contributed by atoms with Crippen molar-refractivity contribution in [2.75, 3.05) is 4.90 Å². The summed E-state index contributed by atoms with van der Waals surface area (Å²) in [6.07, 6.45) is 4.31. The fourth-order valence-electron chi connectivity index (χ4n) is 7.72. The van der Waals surface area contributed by atoms with Crippen molar-refractivity contribution in [3.63, 3.8) is 0 Å². The molecule has 0 amide bonds. The lowest BCUT2D eigenvalue weighted by Crippen LogP contribution is -2.13. The molecule has 0 bridgehead atoms. The Morgan fingerprint density at radius 2 is 1.09 bits per heavy atom. The molecule has 0 aliphatic rings. The second kappa shape index (κ2) is 14.5. The van der Waals surface area contributed by atoms with E-state index in [0.29, 0.717) is 5.69 Å². The topological polar surface area (TPSA) is 8.17 Å². The summed E-state index contributed by atoms with van der Waals surface area (Å²) in [6, 6.07) is 64.1. The highest BCUT2D eigenvalue weighted by Crippen LogP contribution is 2.44. The lowest BCUT2D eigenvalue weighted by Gasteiger charge is -2.29. The van der Waals surface area contributed by atoms with Gasteiger partial charge in [-0.15, -0.1) is 0 Å². The van der Waals surface area contributed by atoms with Crippen LogP contribution < -0.4 is 4.90 Å². The number of hydrogen-bond acceptors (Lipinski definition) is 1. The van der Waals surface area contributed by atoms with Crippen molar-refractivity contribution >= 4 is 50.9 Å². The van der Waals surface area contributed by atoms with Crippen LogP contribution in [-0.2, 0) is 0 Å². The summed E-state index contributed by atoms with van der Waals surface area (Å²) in [5.74, 6) is -0.289. The maximum absolute atomic E-state index is 16.8. The summed E-state index contributed by atoms with van der Waals surface area (Å²) in [7, 11) is 0. The van der Waals surface area contributed by atoms with E-state index in [1.165, 1.54) is 38.6 Å². The van der Waals surface area contributed by atoms with Crippen LogP contribution in [0.2, 0.25) is 0 Å². The molecule has 8 aromatic carbocycles. The Labute approximate surface area is 321 Å². The molecule has 55 heavy (non-hydrogen) atoms. The van der Waals surface area contributed by atoms with E-state index >= 15 is 4.39 Å². The molecule has 2 nitrogen and oxygen atoms in total. The maximum Gasteiger partial charge on any atom is 0.148 e. The van der Waals surface area contributed by atoms with Crippen LogP contribution in [0.15, 0.2) is 188 Å². The zero-order valence-electron chi connectivity index (χ0n) is 30.8. The molecule has 0 fully saturated rings. The predicted octanol–water partition coefficient (Wildman–Crippen LogP) is 14.5. The van der Waals surface area contributed by atoms with Crippen molar-refractivity contribution in [2.24, 2.45) is 0 Å². The molecule has 0 atom stereocenters. The van der Waals surface area contributed by atoms with Gasteiger partial charge in [-0.25, -0.2) is 4.39 Å². The van der Waals surface area contributed by atoms with Crippen LogP contribution in [0.4, 0.5) is 21.5 Å². The lowest BCUT2D eigenvalue weighted by atomic mass is 9.95. The van der Waals surface area contributed by atoms with Crippen molar-refractivity contribution in [3.05, 3.63) is 216 Å². The standard InChI is InChI=1S/C52H39FN2/c1-36-37(2)54(47-30-27-41-16-12-13-19-43(41)33-47)51-31-26-39(32-48(36)51)23-22-38-24-28-46(29-25-38)55(45-20-10-5-11-21-45)52-49(42-17-8-4-9-18-42)34-44(35-50(52)53)40-14-6-3-7-15-40/h3-35H,1-2H3. The SMILES string of the molecule is Cc1c(C)n(-c2ccc3ccccc3c2)c2ccc(C=Cc3ccc(N(c4ccccc4)c4c(F)cc(-c5ccccc5)cc4-c4ccccc4)cc3)cc12. The number of fused-ring (bicyclic) bond motifs is 2. The van der Waals surface area contributed by atoms with E-state index in [-0.39, 0.29) is 5.82 Å². The van der Waals surface area contributed by atoms with E-state index in [9.17, 15) is 0 Å². The average molecular weight is 711 g/mol. The van der Waals surface area contributed by atoms with Gasteiger partial charge in [-0.05, 0) is 119 Å². The van der Waals surface area contributed by atoms with Gasteiger partial charge in [-0.3, -0.25) is 0 Å². The zero-order chi connectivity index (χ0) is 37.3. The summed E-state index contributed by atoms with van der Waals surface area (Å²) >= 11 is 0. The average Bonchev–Trinajstić information content (AvgIpc) is 3.49. The zero-order valence-corrected chi connectivity index (χ0v) is 30.8. The first-order valence-electron chi connectivity index (χ1n) is 18.7. The Hall–Kier alpha value is -6.97. The molecule has 0 N–H and O–H groups in total. The molecule has 1 heterocycles. The van der Waals surface area contributed by atoms with Crippen molar-refractivity contribution in [1.82, 2.24) is 4.57 Å². The third kappa shape index (κ3) is 6.51. The van der Waals surface area contributed by atoms with Gasteiger partial charge in [0.2, 0.25) is 0 Å². The monoisotopic (exact) mass is 710 g/mol. The fourth-order valence-corrected chi connectivity index (χ4v) is 7.72. The van der Waals surface area contributed by atoms with Gasteiger partial charge in [0.25, 0.3) is 0 Å². The number of nitrogens with zero attached hydrogens (tertiary/aromatic N) is 2. The van der Waals surface area contributed by atoms with Gasteiger partial charge in [-0.1, -0.05) is 140 Å². The minimum Gasteiger partial charge on any atom is -0.314 e. The van der Waals surface area contributed by atoms with Crippen LogP contribution in [0.25, 0.3) is 61.8 Å². The highest BCUT2D eigenvalue weighted by molar-refractivity contribution is 5.93. The normalized spacial score (nSPS) is 11.5. The molecular weight excluding hydrogens is 672 g/mol. The van der Waals surface area contributed by atoms with Crippen molar-refractivity contribution < 1.29 is 4.39 Å². The van der Waals surface area contributed by atoms with Gasteiger partial charge < -0.3 is 9.47 Å². The van der Waals surface area contributed by atoms with Crippen molar-refractivity contribution in [3.8, 4) is 27.9 Å². The molecule has 3 heteroatoms. The first kappa shape index (κ1) is 33.8. The number of rotatable bonds is 8. The van der Waals surface area contributed by atoms with E-state index in [4.69, 9.17) is 0 Å². The highest BCUT2D eigenvalue weighted by Gasteiger charge is 2.23. The second-order valence-corrected chi connectivity index (χ2v) is 14.0. The third-order valence-corrected chi connectivity index (χ3v) is 10.6. The van der Waals surface area contributed by atoms with Crippen LogP contribution in [0, 0.1) is 19.7 Å². The number of para-hydroxylation sites is 1. The summed E-state index contributed by atoms with van der Waals surface area (Å²) in [5.41, 5.74) is 12.9. The minimum absolute atomic E-state index is 0.289. The molecule has 0 radical (unpaired) electrons. The van der Waals surface area contributed by atoms with Gasteiger partial charge in [0, 0.05) is 33.7 Å². The smallest absolute Gasteiger partial charge is 0.148 e. The molecule has 0 spiro atoms. The minimum atomic E-state index is -0.289. The third-order valence-electron chi connectivity index (χ3n) is 10.6. The summed E-state index contributed by atoms with van der Waals surface area (Å²) < 4.78 is 19.1. The predicted molar refractivity (Wildman–Crippen MR) is 231 cm³/mol. The van der Waals surface area contributed by atoms with Crippen molar-refractivity contribution in [2.45, 2.75) is 13.8 Å². The molecule has 0 aliphatic carbocycles. The Kier molecular flexibility index (Phi) is 8.89. The van der Waals surface area contributed by atoms with Gasteiger partial charge in [-0.2, -0.15) is 0 Å². The van der Waals surface area contributed by atoms with Gasteiger partial charge >= 0.3 is 0 Å². The summed E-state index contributed by atoms with van der Waals surface area (Å²) in [4.78, 5) is 2.03. The van der Waals surface area contributed by atoms with Crippen LogP contribution in [-0.4, -0.2) is 4.57 Å². The van der Waals surface area contributed by atoms with Gasteiger partial charge in [0.15, 0.2) is 0 Å². The van der Waals surface area contributed by atoms with Crippen molar-refractivity contribution in [1.29, 1.82) is 0 Å². The maximum atomic E-state index is 16.8. The first-order chi connectivity index (χ1) is 27.0. The Morgan fingerprint density at radius 3 is 1.82 bits per heavy atom. The number of halogens is 1. The van der Waals surface area contributed by atoms with E-state index in [0.717, 1.165) is 44.8 Å². The van der Waals surface area contributed by atoms with Crippen LogP contribution in [0.5, 0.6) is 0 Å². The van der Waals surface area contributed by atoms with E-state index < -0.39 is 0 Å². The largest absolute Gasteiger partial charge is 0.314 e. The van der Waals surface area contributed by atoms with Gasteiger partial charge in [0.1, 0.15) is 5.82 Å². The first-order valence-corrected chi connectivity index (χ1v) is 18.7. The lowest BCUT2D eigenvalue weighted by molar-refractivity contribution is 0.630. The van der Waals surface area contributed by atoms with E-state index in [2.05, 4.69) is 122 Å². The molecule has 9 rings (SSSR count). The summed E-state index contributed by atoms with van der Waals surface area (Å²) in [6.45, 7) is 4.41. The molecule has 264 valence electrons. The number of hydrogen-bond donors (Lipinski definition) is 0. The highest BCUT2D eigenvalue weighted by atomic mass is 19.1. The molecule has 9 aromatic rings. The number of aryl methyl sites for hydroxylation is 1. The van der Waals surface area contributed by atoms with E-state index in [1.54, 1.807) is 6.07 Å².